The summed E-state index contributed by atoms with van der Waals surface area (Å²) >= 11 is 6.67. The summed E-state index contributed by atoms with van der Waals surface area (Å²) in [7, 11) is -7.85. The van der Waals surface area contributed by atoms with E-state index < -0.39 is 83.9 Å². The van der Waals surface area contributed by atoms with Gasteiger partial charge in [0.15, 0.2) is 15.9 Å². The van der Waals surface area contributed by atoms with Crippen molar-refractivity contribution >= 4 is 73.1 Å². The SMILES string of the molecule is CCN(CCBr)P(=O)(OCCS(=O)(=O)CC(NC(=O)CC[C@H](N)C(=O)O)C(=O)N[C@@H](C(=O)O)c1ccccc1)N(CC)CCBr. The maximum absolute atomic E-state index is 14.1. The number of benzene rings is 1. The Balaban J connectivity index is 3.21. The molecule has 0 radical (unpaired) electrons. The van der Waals surface area contributed by atoms with Crippen molar-refractivity contribution in [1.29, 1.82) is 0 Å². The van der Waals surface area contributed by atoms with Crippen molar-refractivity contribution in [2.45, 2.75) is 44.8 Å². The molecule has 0 heterocycles. The van der Waals surface area contributed by atoms with Crippen molar-refractivity contribution in [3.8, 4) is 0 Å². The first-order valence-corrected chi connectivity index (χ1v) is 19.7. The number of nitrogens with two attached hydrogens (primary N) is 1. The summed E-state index contributed by atoms with van der Waals surface area (Å²) in [5, 5.41) is 24.2. The number of rotatable bonds is 23. The summed E-state index contributed by atoms with van der Waals surface area (Å²) in [6, 6.07) is 2.99. The highest BCUT2D eigenvalue weighted by atomic mass is 79.9. The van der Waals surface area contributed by atoms with E-state index in [-0.39, 0.29) is 12.0 Å². The molecule has 0 aliphatic rings. The lowest BCUT2D eigenvalue weighted by atomic mass is 10.1. The molecule has 1 rings (SSSR count). The van der Waals surface area contributed by atoms with Crippen LogP contribution in [0.25, 0.3) is 0 Å². The predicted octanol–water partition coefficient (Wildman–Crippen LogP) is 1.58. The molecule has 3 atom stereocenters. The molecule has 256 valence electrons. The minimum atomic E-state index is -4.19. The van der Waals surface area contributed by atoms with E-state index in [2.05, 4.69) is 42.5 Å². The molecule has 6 N–H and O–H groups in total. The summed E-state index contributed by atoms with van der Waals surface area (Å²) in [6.07, 6.45) is -0.733. The van der Waals surface area contributed by atoms with Crippen molar-refractivity contribution in [3.63, 3.8) is 0 Å². The van der Waals surface area contributed by atoms with E-state index >= 15 is 0 Å². The van der Waals surface area contributed by atoms with E-state index in [9.17, 15) is 37.3 Å². The Kier molecular flexibility index (Phi) is 18.6. The normalized spacial score (nSPS) is 14.1. The van der Waals surface area contributed by atoms with E-state index in [4.69, 9.17) is 15.4 Å². The lowest BCUT2D eigenvalue weighted by Gasteiger charge is -2.37. The highest BCUT2D eigenvalue weighted by molar-refractivity contribution is 9.09. The molecular formula is C26H42Br2N5O10PS. The van der Waals surface area contributed by atoms with Gasteiger partial charge >= 0.3 is 19.6 Å². The molecule has 45 heavy (non-hydrogen) atoms. The van der Waals surface area contributed by atoms with Gasteiger partial charge in [-0.05, 0) is 12.0 Å². The van der Waals surface area contributed by atoms with Gasteiger partial charge in [0.25, 0.3) is 0 Å². The Labute approximate surface area is 280 Å². The molecule has 0 saturated carbocycles. The van der Waals surface area contributed by atoms with Crippen LogP contribution in [0.4, 0.5) is 0 Å². The zero-order valence-electron chi connectivity index (χ0n) is 25.1. The van der Waals surface area contributed by atoms with Gasteiger partial charge in [-0.15, -0.1) is 0 Å². The number of nitrogens with zero attached hydrogens (tertiary/aromatic N) is 2. The van der Waals surface area contributed by atoms with Crippen LogP contribution in [-0.2, 0) is 38.1 Å². The number of amides is 2. The zero-order chi connectivity index (χ0) is 34.2. The number of carboxylic acid groups (broad SMARTS) is 2. The highest BCUT2D eigenvalue weighted by Crippen LogP contribution is 2.54. The Morgan fingerprint density at radius 2 is 1.53 bits per heavy atom. The first kappa shape index (κ1) is 41.1. The largest absolute Gasteiger partial charge is 0.480 e. The van der Waals surface area contributed by atoms with Gasteiger partial charge in [-0.1, -0.05) is 76.0 Å². The van der Waals surface area contributed by atoms with Crippen LogP contribution in [0.15, 0.2) is 30.3 Å². The lowest BCUT2D eigenvalue weighted by molar-refractivity contribution is -0.142. The van der Waals surface area contributed by atoms with Crippen LogP contribution in [0.5, 0.6) is 0 Å². The summed E-state index contributed by atoms with van der Waals surface area (Å²) in [5.41, 5.74) is 5.65. The highest BCUT2D eigenvalue weighted by Gasteiger charge is 2.38. The third kappa shape index (κ3) is 13.8. The molecule has 0 aliphatic carbocycles. The number of halogens is 2. The number of aliphatic carboxylic acids is 2. The number of hydrogen-bond acceptors (Lipinski definition) is 9. The Morgan fingerprint density at radius 1 is 0.978 bits per heavy atom. The Morgan fingerprint density at radius 3 is 2.00 bits per heavy atom. The predicted molar refractivity (Wildman–Crippen MR) is 176 cm³/mol. The summed E-state index contributed by atoms with van der Waals surface area (Å²) < 4.78 is 49.6. The number of nitrogens with one attached hydrogen (secondary N) is 2. The molecule has 0 aromatic heterocycles. The van der Waals surface area contributed by atoms with Crippen molar-refractivity contribution < 1.29 is 46.9 Å². The monoisotopic (exact) mass is 805 g/mol. The zero-order valence-corrected chi connectivity index (χ0v) is 30.0. The average Bonchev–Trinajstić information content (AvgIpc) is 2.99. The van der Waals surface area contributed by atoms with E-state index in [1.54, 1.807) is 41.4 Å². The molecule has 19 heteroatoms. The summed E-state index contributed by atoms with van der Waals surface area (Å²) in [5.74, 6) is -6.34. The van der Waals surface area contributed by atoms with Crippen LogP contribution >= 0.6 is 39.5 Å². The number of alkyl halides is 2. The molecule has 0 fully saturated rings. The van der Waals surface area contributed by atoms with Gasteiger partial charge in [0.05, 0.1) is 18.1 Å². The number of carbonyl (C=O) groups is 4. The van der Waals surface area contributed by atoms with Crippen LogP contribution < -0.4 is 16.4 Å². The van der Waals surface area contributed by atoms with Crippen LogP contribution in [0.1, 0.15) is 38.3 Å². The van der Waals surface area contributed by atoms with Gasteiger partial charge in [0, 0.05) is 43.3 Å². The second-order valence-corrected chi connectivity index (χ2v) is 15.9. The van der Waals surface area contributed by atoms with E-state index in [1.807, 2.05) is 0 Å². The van der Waals surface area contributed by atoms with Crippen LogP contribution in [0, 0.1) is 0 Å². The fourth-order valence-corrected chi connectivity index (χ4v) is 9.33. The maximum Gasteiger partial charge on any atom is 0.346 e. The van der Waals surface area contributed by atoms with Gasteiger partial charge in [-0.2, -0.15) is 0 Å². The van der Waals surface area contributed by atoms with Gasteiger partial charge in [-0.3, -0.25) is 18.9 Å². The standard InChI is InChI=1S/C26H42Br2N5O10PS/c1-3-32(14-12-27)44(40,33(4-2)15-13-28)43-16-17-45(41,42)18-21(30-22(34)11-10-20(29)25(36)37)24(35)31-23(26(38)39)19-8-6-5-7-9-19/h5-9,20-21,23H,3-4,10-18,29H2,1-2H3,(H,30,34)(H,31,35)(H,36,37)(H,38,39)/t20-,21?,23+/m0/s1. The third-order valence-corrected chi connectivity index (χ3v) is 11.8. The fraction of sp³-hybridized carbons (Fsp3) is 0.615. The average molecular weight is 807 g/mol. The van der Waals surface area contributed by atoms with Crippen LogP contribution in [-0.4, -0.2) is 119 Å². The van der Waals surface area contributed by atoms with Crippen LogP contribution in [0.3, 0.4) is 0 Å². The molecular weight excluding hydrogens is 765 g/mol. The van der Waals surface area contributed by atoms with Gasteiger partial charge in [0.2, 0.25) is 11.8 Å². The van der Waals surface area contributed by atoms with Gasteiger partial charge < -0.3 is 31.1 Å². The van der Waals surface area contributed by atoms with Gasteiger partial charge in [0.1, 0.15) is 12.1 Å². The molecule has 0 saturated heterocycles. The Bertz CT molecular complexity index is 1260. The van der Waals surface area contributed by atoms with E-state index in [0.29, 0.717) is 36.8 Å². The molecule has 1 aromatic carbocycles. The second kappa shape index (κ2) is 20.3. The minimum absolute atomic E-state index is 0.204. The van der Waals surface area contributed by atoms with Crippen molar-refractivity contribution in [3.05, 3.63) is 35.9 Å². The number of carboxylic acids is 2. The molecule has 0 bridgehead atoms. The maximum atomic E-state index is 14.1. The van der Waals surface area contributed by atoms with Gasteiger partial charge in [-0.25, -0.2) is 22.6 Å². The van der Waals surface area contributed by atoms with Crippen molar-refractivity contribution in [1.82, 2.24) is 20.0 Å². The molecule has 1 aromatic rings. The summed E-state index contributed by atoms with van der Waals surface area (Å²) in [4.78, 5) is 48.8. The fourth-order valence-electron chi connectivity index (χ4n) is 4.12. The smallest absolute Gasteiger partial charge is 0.346 e. The first-order chi connectivity index (χ1) is 21.1. The van der Waals surface area contributed by atoms with Crippen LogP contribution in [0.2, 0.25) is 0 Å². The Hall–Kier alpha value is -1.92. The van der Waals surface area contributed by atoms with Crippen molar-refractivity contribution in [2.24, 2.45) is 5.73 Å². The first-order valence-electron chi connectivity index (χ1n) is 14.1. The second-order valence-electron chi connectivity index (χ2n) is 9.70. The topological polar surface area (TPSA) is 226 Å². The van der Waals surface area contributed by atoms with E-state index in [1.165, 1.54) is 12.1 Å². The quantitative estimate of drug-likeness (QED) is 0.0784. The summed E-state index contributed by atoms with van der Waals surface area (Å²) in [6.45, 7) is 4.56. The molecule has 0 aliphatic heterocycles. The molecule has 0 spiro atoms. The van der Waals surface area contributed by atoms with E-state index in [0.717, 1.165) is 0 Å². The number of sulfone groups is 1. The molecule has 15 nitrogen and oxygen atoms in total. The lowest BCUT2D eigenvalue weighted by Crippen LogP contribution is -2.52. The molecule has 2 amide bonds. The molecule has 1 unspecified atom stereocenters. The minimum Gasteiger partial charge on any atom is -0.480 e. The third-order valence-electron chi connectivity index (χ3n) is 6.52. The van der Waals surface area contributed by atoms with Crippen molar-refractivity contribution in [2.75, 3.05) is 55.0 Å². The number of hydrogen-bond donors (Lipinski definition) is 5. The number of carbonyl (C=O) groups excluding carboxylic acids is 2.